The van der Waals surface area contributed by atoms with Gasteiger partial charge < -0.3 is 0 Å². The van der Waals surface area contributed by atoms with Crippen molar-refractivity contribution < 1.29 is 0 Å². The second kappa shape index (κ2) is 98.2. The zero-order chi connectivity index (χ0) is 66.3. The molecular weight excluding hydrogens is 1030 g/mol. The second-order valence-electron chi connectivity index (χ2n) is 17.5. The zero-order valence-corrected chi connectivity index (χ0v) is 54.8. The van der Waals surface area contributed by atoms with Gasteiger partial charge in [0.2, 0.25) is 0 Å². The van der Waals surface area contributed by atoms with E-state index in [1.807, 2.05) is 609 Å². The van der Waals surface area contributed by atoms with E-state index in [1.165, 1.54) is 10.8 Å². The van der Waals surface area contributed by atoms with Crippen molar-refractivity contribution in [2.45, 2.75) is 0 Å². The third-order valence-electron chi connectivity index (χ3n) is 10.0. The van der Waals surface area contributed by atoms with Gasteiger partial charge in [-0.3, -0.25) is 0 Å². The zero-order valence-electron chi connectivity index (χ0n) is 53.9. The van der Waals surface area contributed by atoms with E-state index in [2.05, 4.69) is 0 Å². The molecule has 0 saturated carbocycles. The molecule has 0 N–H and O–H groups in total. The Morgan fingerprint density at radius 2 is 0.172 bits per heavy atom. The van der Waals surface area contributed by atoms with Crippen LogP contribution in [0.4, 0.5) is 0 Å². The molecular formula is H2B92S. The maximum atomic E-state index is 5.31. The molecule has 93 heteroatoms. The molecule has 0 saturated heterocycles. The van der Waals surface area contributed by atoms with Crippen LogP contribution in [0.5, 0.6) is 0 Å². The van der Waals surface area contributed by atoms with Gasteiger partial charge in [-0.1, -0.05) is 0 Å². The Kier molecular flexibility index (Phi) is 105. The van der Waals surface area contributed by atoms with Crippen molar-refractivity contribution in [2.75, 3.05) is 0 Å². The van der Waals surface area contributed by atoms with E-state index in [9.17, 15) is 0 Å². The molecule has 0 radical (unpaired) electrons. The summed E-state index contributed by atoms with van der Waals surface area (Å²) in [4.78, 5) is 0. The van der Waals surface area contributed by atoms with Crippen molar-refractivity contribution in [3.63, 3.8) is 0 Å². The van der Waals surface area contributed by atoms with Crippen LogP contribution in [0.2, 0.25) is 0 Å². The van der Waals surface area contributed by atoms with Crippen LogP contribution in [0, 0.1) is 0 Å². The van der Waals surface area contributed by atoms with Crippen LogP contribution in [0.1, 0.15) is 0 Å². The molecule has 0 aliphatic carbocycles. The number of hydrogen-bond acceptors (Lipinski definition) is 0. The summed E-state index contributed by atoms with van der Waals surface area (Å²) in [5, 5.41) is 0. The quantitative estimate of drug-likeness (QED) is 0.0534. The average Bonchev–Trinajstić information content (AvgIpc) is 3.58. The summed E-state index contributed by atoms with van der Waals surface area (Å²) in [7, 11) is 3.19. The maximum absolute atomic E-state index is 5.31. The molecule has 0 spiro atoms. The van der Waals surface area contributed by atoms with Crippen molar-refractivity contribution in [1.82, 2.24) is 0 Å². The summed E-state index contributed by atoms with van der Waals surface area (Å²) in [5.74, 6) is 0. The first-order valence-corrected chi connectivity index (χ1v) is 31.7. The van der Waals surface area contributed by atoms with Crippen LogP contribution in [0.25, 0.3) is 0 Å². The predicted molar refractivity (Wildman–Crippen MR) is 540 cm³/mol. The van der Waals surface area contributed by atoms with Crippen molar-refractivity contribution in [3.8, 4) is 0 Å². The molecule has 0 bridgehead atoms. The minimum absolute atomic E-state index is 1.19. The fraction of sp³-hybridized carbons (Fsp3) is 0. The monoisotopic (exact) mass is 1050 g/mol. The van der Waals surface area contributed by atoms with E-state index in [1.54, 1.807) is 0 Å². The molecule has 0 rings (SSSR count). The molecule has 0 amide bonds. The summed E-state index contributed by atoms with van der Waals surface area (Å²) in [6.07, 6.45) is 1.82. The topological polar surface area (TPSA) is 0 Å². The van der Waals surface area contributed by atoms with Gasteiger partial charge in [0.1, 0.15) is 0 Å². The Labute approximate surface area is 620 Å². The first kappa shape index (κ1) is 99.2. The average molecular weight is 1030 g/mol. The molecule has 0 aromatic rings. The Hall–Kier alpha value is 6.19. The van der Waals surface area contributed by atoms with Gasteiger partial charge in [0.05, 0.1) is 0 Å². The van der Waals surface area contributed by atoms with Crippen LogP contribution in [-0.4, -0.2) is 616 Å². The summed E-state index contributed by atoms with van der Waals surface area (Å²) in [6.45, 7) is 183. The first-order chi connectivity index (χ1) is 46.4. The Morgan fingerprint density at radius 3 is 0.237 bits per heavy atom. The van der Waals surface area contributed by atoms with Crippen molar-refractivity contribution >= 4 is 627 Å². The number of hydrogen-bond donors (Lipinski definition) is 0. The molecule has 0 unspecified atom stereocenters. The standard InChI is InChI=1S/B92H2S/c1-3-4-5-6-7-8-9-10-11-12-13-14-15-16-17-18-19-20-21-22-23-24-25-26-27-28-29-30-31-32-33-34-35-36-37-38-39-40-41-42-43-44-45-46-47-48-49-50-51-52-53-54-55-56-57-58-59-60-61-62-63-64-65-66-67-68-69-70-71-72-73-74-75-76-77-78-79-80-81-82-83-84-85-86-87-88-89-90-91-92-93-2/h1H2. The second-order valence-corrected chi connectivity index (χ2v) is 18.1. The van der Waals surface area contributed by atoms with Crippen LogP contribution in [0.15, 0.2) is 0 Å². The van der Waals surface area contributed by atoms with Gasteiger partial charge in [-0.25, -0.2) is 0 Å². The van der Waals surface area contributed by atoms with E-state index in [0.29, 0.717) is 0 Å². The SMILES string of the molecule is B#S\B=B/B=B\B=B/B=B\B=B/B=B\B=B/B=B\B=B/B=B\B=B/B=B\B=B/B=B\B=B/B=B\B=B/B=B\B=B/B=B\B=B/B=B\B=B/B=B\B=B/B=B\B=B/B=B\B=B/B=B\B=B/B=B\B=B/B=B\B=B/B=B\B=B/B=B\B=B/B=B\B=B/B=B\B=B/B=B\B=B/B. The Bertz CT molecular complexity index is 3450. The van der Waals surface area contributed by atoms with Gasteiger partial charge in [-0.15, -0.1) is 0 Å². The van der Waals surface area contributed by atoms with Gasteiger partial charge in [-0.2, -0.15) is 0 Å². The summed E-state index contributed by atoms with van der Waals surface area (Å²) < 4.78 is 0. The molecule has 0 atom stereocenters. The minimum atomic E-state index is 1.19. The third-order valence-corrected chi connectivity index (χ3v) is 10.3. The summed E-state index contributed by atoms with van der Waals surface area (Å²) >= 11 is 0. The van der Waals surface area contributed by atoms with Gasteiger partial charge in [0.15, 0.2) is 0 Å². The van der Waals surface area contributed by atoms with E-state index < -0.39 is 0 Å². The van der Waals surface area contributed by atoms with Crippen LogP contribution in [-0.2, 0) is 0 Å². The van der Waals surface area contributed by atoms with Crippen LogP contribution in [0.3, 0.4) is 0 Å². The number of rotatable bonds is 44. The fourth-order valence-electron chi connectivity index (χ4n) is 5.72. The van der Waals surface area contributed by atoms with E-state index in [4.69, 9.17) is 6.53 Å². The molecule has 0 aliphatic rings. The van der Waals surface area contributed by atoms with Crippen LogP contribution < -0.4 is 0 Å². The molecule has 0 fully saturated rings. The molecule has 0 aliphatic heterocycles. The molecule has 284 valence electrons. The van der Waals surface area contributed by atoms with Gasteiger partial charge in [0.25, 0.3) is 0 Å². The van der Waals surface area contributed by atoms with Crippen LogP contribution >= 0.6 is 10.8 Å². The van der Waals surface area contributed by atoms with Gasteiger partial charge in [0, 0.05) is 0 Å². The first-order valence-electron chi connectivity index (χ1n) is 30.7. The molecule has 93 heavy (non-hydrogen) atoms. The summed E-state index contributed by atoms with van der Waals surface area (Å²) in [6, 6.07) is 0. The Balaban J connectivity index is 4.12. The van der Waals surface area contributed by atoms with Crippen molar-refractivity contribution in [1.29, 1.82) is 0 Å². The molecule has 0 aromatic heterocycles. The molecule has 0 aromatic carbocycles. The fourth-order valence-corrected chi connectivity index (χ4v) is 5.90. The van der Waals surface area contributed by atoms with Gasteiger partial charge >= 0.3 is 627 Å². The molecule has 0 heterocycles. The molecule has 0 nitrogen and oxygen atoms in total. The van der Waals surface area contributed by atoms with Crippen molar-refractivity contribution in [2.24, 2.45) is 0 Å². The van der Waals surface area contributed by atoms with Gasteiger partial charge in [-0.05, 0) is 0 Å². The summed E-state index contributed by atoms with van der Waals surface area (Å²) in [5.41, 5.74) is 0. The normalized spacial score (nSPS) is 7.89. The van der Waals surface area contributed by atoms with E-state index in [0.717, 1.165) is 0 Å². The van der Waals surface area contributed by atoms with E-state index >= 15 is 0 Å². The Morgan fingerprint density at radius 1 is 0.108 bits per heavy atom. The van der Waals surface area contributed by atoms with Crippen molar-refractivity contribution in [3.05, 3.63) is 0 Å². The third kappa shape index (κ3) is 98.2. The predicted octanol–water partition coefficient (Wildman–Crippen LogP) is -34.9. The van der Waals surface area contributed by atoms with E-state index in [-0.39, 0.29) is 0 Å².